The van der Waals surface area contributed by atoms with Crippen LogP contribution < -0.4 is 15.2 Å². The molecule has 0 saturated carbocycles. The number of ether oxygens (including phenoxy) is 1. The average molecular weight is 353 g/mol. The van der Waals surface area contributed by atoms with Gasteiger partial charge in [0.2, 0.25) is 0 Å². The van der Waals surface area contributed by atoms with Crippen LogP contribution in [-0.4, -0.2) is 55.1 Å². The van der Waals surface area contributed by atoms with Gasteiger partial charge in [0.15, 0.2) is 5.82 Å². The minimum absolute atomic E-state index is 0. The van der Waals surface area contributed by atoms with Gasteiger partial charge in [-0.05, 0) is 36.4 Å². The van der Waals surface area contributed by atoms with Crippen molar-refractivity contribution in [3.05, 3.63) is 48.5 Å². The van der Waals surface area contributed by atoms with Crippen molar-refractivity contribution in [1.29, 1.82) is 0 Å². The smallest absolute Gasteiger partial charge is 0.318 e. The van der Waals surface area contributed by atoms with Crippen LogP contribution in [0.15, 0.2) is 53.4 Å². The Morgan fingerprint density at radius 1 is 1.04 bits per heavy atom. The number of sulfonamides is 1. The first-order valence-electron chi connectivity index (χ1n) is 6.69. The molecule has 7 nitrogen and oxygen atoms in total. The molecule has 0 saturated heterocycles. The van der Waals surface area contributed by atoms with E-state index in [4.69, 9.17) is 10.5 Å². The molecule has 0 aliphatic rings. The summed E-state index contributed by atoms with van der Waals surface area (Å²) in [5.41, 5.74) is 6.64. The van der Waals surface area contributed by atoms with Gasteiger partial charge in [-0.3, -0.25) is 4.72 Å². The fraction of sp³-hybridized carbons (Fsp3) is 0.0667. The third-order valence-electron chi connectivity index (χ3n) is 3.19. The van der Waals surface area contributed by atoms with Crippen LogP contribution in [0.3, 0.4) is 0 Å². The molecule has 9 heteroatoms. The van der Waals surface area contributed by atoms with Gasteiger partial charge in [0.05, 0.1) is 17.5 Å². The van der Waals surface area contributed by atoms with Gasteiger partial charge < -0.3 is 10.5 Å². The van der Waals surface area contributed by atoms with Crippen molar-refractivity contribution >= 4 is 62.0 Å². The summed E-state index contributed by atoms with van der Waals surface area (Å²) in [5.74, 6) is 0.157. The SMILES string of the molecule is COc1nc(NS(=O)(=O)c2ccc(N)cc2)c2ccccc2n1.[Na]. The number of nitrogens with two attached hydrogens (primary N) is 1. The van der Waals surface area contributed by atoms with Crippen LogP contribution in [0.2, 0.25) is 0 Å². The van der Waals surface area contributed by atoms with Gasteiger partial charge in [-0.1, -0.05) is 12.1 Å². The van der Waals surface area contributed by atoms with Gasteiger partial charge in [-0.2, -0.15) is 9.97 Å². The van der Waals surface area contributed by atoms with E-state index in [2.05, 4.69) is 14.7 Å². The van der Waals surface area contributed by atoms with E-state index in [1.54, 1.807) is 24.3 Å². The number of nitrogens with zero attached hydrogens (tertiary/aromatic N) is 2. The minimum atomic E-state index is -3.80. The topological polar surface area (TPSA) is 107 Å². The van der Waals surface area contributed by atoms with Gasteiger partial charge in [-0.25, -0.2) is 8.42 Å². The quantitative estimate of drug-likeness (QED) is 0.545. The third kappa shape index (κ3) is 3.78. The number of methoxy groups -OCH3 is 1. The number of nitrogens with one attached hydrogen (secondary N) is 1. The van der Waals surface area contributed by atoms with Gasteiger partial charge >= 0.3 is 6.01 Å². The Bertz CT molecular complexity index is 962. The summed E-state index contributed by atoms with van der Waals surface area (Å²) in [6.45, 7) is 0. The Morgan fingerprint density at radius 2 is 1.71 bits per heavy atom. The molecule has 1 heterocycles. The monoisotopic (exact) mass is 353 g/mol. The van der Waals surface area contributed by atoms with Crippen molar-refractivity contribution in [1.82, 2.24) is 9.97 Å². The maximum atomic E-state index is 12.5. The molecule has 0 amide bonds. The standard InChI is InChI=1S/C15H14N4O3S.Na/c1-22-15-17-13-5-3-2-4-12(13)14(18-15)19-23(20,21)11-8-6-10(16)7-9-11;/h2-9H,16H2,1H3,(H,17,18,19);. The first-order chi connectivity index (χ1) is 11.0. The number of anilines is 2. The van der Waals surface area contributed by atoms with E-state index in [0.717, 1.165) is 0 Å². The molecule has 119 valence electrons. The molecule has 0 aliphatic carbocycles. The Balaban J connectivity index is 0.00000208. The number of nitrogen functional groups attached to an aromatic ring is 1. The molecule has 0 fully saturated rings. The Morgan fingerprint density at radius 3 is 2.38 bits per heavy atom. The fourth-order valence-corrected chi connectivity index (χ4v) is 3.08. The average Bonchev–Trinajstić information content (AvgIpc) is 2.54. The van der Waals surface area contributed by atoms with Crippen molar-refractivity contribution in [3.8, 4) is 6.01 Å². The van der Waals surface area contributed by atoms with Crippen molar-refractivity contribution in [2.24, 2.45) is 0 Å². The summed E-state index contributed by atoms with van der Waals surface area (Å²) in [5, 5.41) is 0.576. The van der Waals surface area contributed by atoms with E-state index in [-0.39, 0.29) is 46.3 Å². The number of hydrogen-bond acceptors (Lipinski definition) is 6. The van der Waals surface area contributed by atoms with Crippen LogP contribution in [0.25, 0.3) is 10.9 Å². The molecule has 2 aromatic carbocycles. The molecule has 0 aliphatic heterocycles. The van der Waals surface area contributed by atoms with E-state index >= 15 is 0 Å². The fourth-order valence-electron chi connectivity index (χ4n) is 2.06. The van der Waals surface area contributed by atoms with Crippen LogP contribution in [-0.2, 0) is 10.0 Å². The summed E-state index contributed by atoms with van der Waals surface area (Å²) < 4.78 is 32.5. The first kappa shape index (κ1) is 18.5. The van der Waals surface area contributed by atoms with Crippen LogP contribution in [0.5, 0.6) is 6.01 Å². The van der Waals surface area contributed by atoms with Crippen LogP contribution >= 0.6 is 0 Å². The van der Waals surface area contributed by atoms with Crippen molar-refractivity contribution in [3.63, 3.8) is 0 Å². The summed E-state index contributed by atoms with van der Waals surface area (Å²) in [4.78, 5) is 8.37. The predicted octanol–water partition coefficient (Wildman–Crippen LogP) is 1.64. The molecule has 3 aromatic rings. The van der Waals surface area contributed by atoms with E-state index in [1.165, 1.54) is 31.4 Å². The molecular weight excluding hydrogens is 339 g/mol. The predicted molar refractivity (Wildman–Crippen MR) is 93.5 cm³/mol. The van der Waals surface area contributed by atoms with Gasteiger partial charge in [0.1, 0.15) is 0 Å². The van der Waals surface area contributed by atoms with Crippen molar-refractivity contribution in [2.45, 2.75) is 4.90 Å². The third-order valence-corrected chi connectivity index (χ3v) is 4.54. The number of benzene rings is 2. The first-order valence-corrected chi connectivity index (χ1v) is 8.17. The van der Waals surface area contributed by atoms with E-state index in [1.807, 2.05) is 0 Å². The second-order valence-electron chi connectivity index (χ2n) is 4.75. The number of rotatable bonds is 4. The zero-order valence-electron chi connectivity index (χ0n) is 13.2. The van der Waals surface area contributed by atoms with E-state index in [9.17, 15) is 8.42 Å². The second-order valence-corrected chi connectivity index (χ2v) is 6.43. The molecule has 0 bridgehead atoms. The van der Waals surface area contributed by atoms with Gasteiger partial charge in [0, 0.05) is 40.6 Å². The molecule has 1 aromatic heterocycles. The largest absolute Gasteiger partial charge is 0.467 e. The molecule has 0 unspecified atom stereocenters. The maximum Gasteiger partial charge on any atom is 0.318 e. The van der Waals surface area contributed by atoms with E-state index < -0.39 is 10.0 Å². The van der Waals surface area contributed by atoms with Gasteiger partial charge in [0.25, 0.3) is 10.0 Å². The second kappa shape index (κ2) is 7.35. The Labute approximate surface area is 161 Å². The molecule has 0 atom stereocenters. The molecule has 3 N–H and O–H groups in total. The number of aromatic nitrogens is 2. The van der Waals surface area contributed by atoms with Crippen molar-refractivity contribution < 1.29 is 13.2 Å². The summed E-state index contributed by atoms with van der Waals surface area (Å²) in [6, 6.07) is 13.0. The molecule has 3 rings (SSSR count). The molecule has 1 radical (unpaired) electrons. The zero-order chi connectivity index (χ0) is 16.4. The molecule has 0 spiro atoms. The van der Waals surface area contributed by atoms with Crippen LogP contribution in [0.4, 0.5) is 11.5 Å². The number of fused-ring (bicyclic) bond motifs is 1. The molecule has 24 heavy (non-hydrogen) atoms. The van der Waals surface area contributed by atoms with Crippen molar-refractivity contribution in [2.75, 3.05) is 17.6 Å². The summed E-state index contributed by atoms with van der Waals surface area (Å²) in [6.07, 6.45) is 0. The van der Waals surface area contributed by atoms with Crippen LogP contribution in [0.1, 0.15) is 0 Å². The van der Waals surface area contributed by atoms with Crippen LogP contribution in [0, 0.1) is 0 Å². The summed E-state index contributed by atoms with van der Waals surface area (Å²) >= 11 is 0. The minimum Gasteiger partial charge on any atom is -0.467 e. The zero-order valence-corrected chi connectivity index (χ0v) is 16.0. The van der Waals surface area contributed by atoms with Gasteiger partial charge in [-0.15, -0.1) is 0 Å². The number of hydrogen-bond donors (Lipinski definition) is 2. The van der Waals surface area contributed by atoms with E-state index in [0.29, 0.717) is 16.6 Å². The normalized spacial score (nSPS) is 10.9. The maximum absolute atomic E-state index is 12.5. The molecular formula is C15H14N4NaO3S. The Kier molecular flexibility index (Phi) is 5.66. The number of para-hydroxylation sites is 1. The Hall–Kier alpha value is -1.87. The summed E-state index contributed by atoms with van der Waals surface area (Å²) in [7, 11) is -2.38.